The molecule has 1 nitrogen and oxygen atoms in total. The van der Waals surface area contributed by atoms with E-state index in [4.69, 9.17) is 0 Å². The Labute approximate surface area is 70.2 Å². The maximum atomic E-state index is 3.93. The van der Waals surface area contributed by atoms with Gasteiger partial charge in [0.2, 0.25) is 0 Å². The highest BCUT2D eigenvalue weighted by Crippen LogP contribution is 2.04. The van der Waals surface area contributed by atoms with Crippen LogP contribution in [-0.2, 0) is 0 Å². The van der Waals surface area contributed by atoms with E-state index in [9.17, 15) is 0 Å². The normalized spacial score (nSPS) is 10.6. The molecule has 0 saturated heterocycles. The summed E-state index contributed by atoms with van der Waals surface area (Å²) in [6, 6.07) is 0. The van der Waals surface area contributed by atoms with Crippen molar-refractivity contribution >= 4 is 6.21 Å². The quantitative estimate of drug-likeness (QED) is 0.302. The predicted molar refractivity (Wildman–Crippen MR) is 52.3 cm³/mol. The van der Waals surface area contributed by atoms with Gasteiger partial charge in [0, 0.05) is 7.05 Å². The molecule has 0 saturated carbocycles. The summed E-state index contributed by atoms with van der Waals surface area (Å²) in [5.74, 6) is 0. The topological polar surface area (TPSA) is 12.4 Å². The van der Waals surface area contributed by atoms with Crippen LogP contribution in [0.3, 0.4) is 0 Å². The number of hydrogen-bond donors (Lipinski definition) is 0. The van der Waals surface area contributed by atoms with Crippen molar-refractivity contribution < 1.29 is 0 Å². The van der Waals surface area contributed by atoms with Crippen LogP contribution >= 0.6 is 0 Å². The average molecular weight is 153 g/mol. The van der Waals surface area contributed by atoms with Crippen LogP contribution in [0.5, 0.6) is 0 Å². The zero-order valence-electron chi connectivity index (χ0n) is 7.55. The zero-order valence-corrected chi connectivity index (χ0v) is 7.55. The summed E-state index contributed by atoms with van der Waals surface area (Å²) in [6.07, 6.45) is 11.6. The first-order valence-electron chi connectivity index (χ1n) is 4.43. The second-order valence-electron chi connectivity index (χ2n) is 2.72. The van der Waals surface area contributed by atoms with E-state index >= 15 is 0 Å². The third kappa shape index (κ3) is 9.41. The second kappa shape index (κ2) is 9.41. The zero-order chi connectivity index (χ0) is 8.36. The Bertz CT molecular complexity index is 105. The molecule has 0 aromatic carbocycles. The Morgan fingerprint density at radius 1 is 1.09 bits per heavy atom. The number of hydrogen-bond acceptors (Lipinski definition) is 1. The lowest BCUT2D eigenvalue weighted by Gasteiger charge is -1.95. The molecule has 64 valence electrons. The van der Waals surface area contributed by atoms with E-state index in [-0.39, 0.29) is 0 Å². The van der Waals surface area contributed by atoms with E-state index < -0.39 is 0 Å². The minimum atomic E-state index is 1.14. The maximum absolute atomic E-state index is 3.93. The molecule has 0 aliphatic carbocycles. The van der Waals surface area contributed by atoms with Crippen molar-refractivity contribution in [1.29, 1.82) is 0 Å². The second-order valence-corrected chi connectivity index (χ2v) is 2.72. The van der Waals surface area contributed by atoms with Crippen molar-refractivity contribution in [3.8, 4) is 0 Å². The Kier molecular flexibility index (Phi) is 8.91. The number of aliphatic imine (C=N–C) groups is 1. The fourth-order valence-electron chi connectivity index (χ4n) is 1.01. The van der Waals surface area contributed by atoms with Crippen molar-refractivity contribution in [3.63, 3.8) is 0 Å². The van der Waals surface area contributed by atoms with Crippen LogP contribution in [0, 0.1) is 0 Å². The predicted octanol–water partition coefficient (Wildman–Crippen LogP) is 3.21. The lowest BCUT2D eigenvalue weighted by atomic mass is 10.1. The van der Waals surface area contributed by atoms with Gasteiger partial charge in [-0.3, -0.25) is 0 Å². The molecule has 11 heavy (non-hydrogen) atoms. The highest BCUT2D eigenvalue weighted by molar-refractivity contribution is 5.56. The summed E-state index contributed by atoms with van der Waals surface area (Å²) in [5.41, 5.74) is 0. The van der Waals surface area contributed by atoms with Crippen LogP contribution in [0.4, 0.5) is 0 Å². The van der Waals surface area contributed by atoms with E-state index in [2.05, 4.69) is 11.6 Å². The van der Waals surface area contributed by atoms with Crippen LogP contribution in [0.1, 0.15) is 38.5 Å². The molecule has 0 bridgehead atoms. The van der Waals surface area contributed by atoms with Gasteiger partial charge in [0.05, 0.1) is 0 Å². The monoisotopic (exact) mass is 153 g/mol. The Morgan fingerprint density at radius 3 is 2.27 bits per heavy atom. The van der Waals surface area contributed by atoms with Gasteiger partial charge in [0.1, 0.15) is 0 Å². The highest BCUT2D eigenvalue weighted by Gasteiger charge is 1.86. The molecule has 0 aliphatic rings. The molecule has 0 radical (unpaired) electrons. The summed E-state index contributed by atoms with van der Waals surface area (Å²) < 4.78 is 0. The standard InChI is InChI=1S/C10H19N/c1-3-4-5-6-7-8-9-10-11-2/h3,10H,1,4-9H2,2H3. The molecule has 0 fully saturated rings. The molecular formula is C10H19N. The highest BCUT2D eigenvalue weighted by atomic mass is 14.6. The van der Waals surface area contributed by atoms with Gasteiger partial charge in [-0.05, 0) is 31.9 Å². The number of allylic oxidation sites excluding steroid dienone is 1. The van der Waals surface area contributed by atoms with Gasteiger partial charge in [-0.2, -0.15) is 0 Å². The summed E-state index contributed by atoms with van der Waals surface area (Å²) in [6.45, 7) is 3.69. The van der Waals surface area contributed by atoms with Gasteiger partial charge in [-0.1, -0.05) is 18.9 Å². The third-order valence-electron chi connectivity index (χ3n) is 1.67. The molecule has 0 aliphatic heterocycles. The molecule has 0 N–H and O–H groups in total. The summed E-state index contributed by atoms with van der Waals surface area (Å²) in [7, 11) is 1.83. The molecule has 1 heteroatoms. The molecule has 0 heterocycles. The molecule has 0 atom stereocenters. The smallest absolute Gasteiger partial charge is 0.0273 e. The average Bonchev–Trinajstić information content (AvgIpc) is 2.03. The molecular weight excluding hydrogens is 134 g/mol. The van der Waals surface area contributed by atoms with Crippen molar-refractivity contribution in [3.05, 3.63) is 12.7 Å². The van der Waals surface area contributed by atoms with Crippen LogP contribution in [0.25, 0.3) is 0 Å². The van der Waals surface area contributed by atoms with Crippen molar-refractivity contribution in [2.45, 2.75) is 38.5 Å². The lowest BCUT2D eigenvalue weighted by molar-refractivity contribution is 0.661. The first kappa shape index (κ1) is 10.4. The third-order valence-corrected chi connectivity index (χ3v) is 1.67. The van der Waals surface area contributed by atoms with E-state index in [1.165, 1.54) is 32.1 Å². The van der Waals surface area contributed by atoms with E-state index in [0.29, 0.717) is 0 Å². The van der Waals surface area contributed by atoms with E-state index in [1.807, 2.05) is 19.3 Å². The number of unbranched alkanes of at least 4 members (excludes halogenated alkanes) is 5. The molecule has 0 aromatic heterocycles. The molecule has 0 unspecified atom stereocenters. The fourth-order valence-corrected chi connectivity index (χ4v) is 1.01. The van der Waals surface area contributed by atoms with Crippen LogP contribution in [0.2, 0.25) is 0 Å². The molecule has 0 aromatic rings. The Balaban J connectivity index is 2.84. The Morgan fingerprint density at radius 2 is 1.73 bits per heavy atom. The largest absolute Gasteiger partial charge is 0.301 e. The van der Waals surface area contributed by atoms with Gasteiger partial charge in [0.15, 0.2) is 0 Å². The molecule has 0 amide bonds. The van der Waals surface area contributed by atoms with Crippen LogP contribution < -0.4 is 0 Å². The lowest BCUT2D eigenvalue weighted by Crippen LogP contribution is -1.79. The van der Waals surface area contributed by atoms with Crippen LogP contribution in [-0.4, -0.2) is 13.3 Å². The molecule has 0 rings (SSSR count). The summed E-state index contributed by atoms with van der Waals surface area (Å²) in [4.78, 5) is 3.93. The van der Waals surface area contributed by atoms with Gasteiger partial charge in [-0.15, -0.1) is 6.58 Å². The van der Waals surface area contributed by atoms with Gasteiger partial charge < -0.3 is 4.99 Å². The van der Waals surface area contributed by atoms with E-state index in [0.717, 1.165) is 6.42 Å². The minimum absolute atomic E-state index is 1.14. The molecule has 0 spiro atoms. The summed E-state index contributed by atoms with van der Waals surface area (Å²) in [5, 5.41) is 0. The minimum Gasteiger partial charge on any atom is -0.301 e. The SMILES string of the molecule is C=CCCCCCCC=NC. The van der Waals surface area contributed by atoms with E-state index in [1.54, 1.807) is 0 Å². The maximum Gasteiger partial charge on any atom is 0.0273 e. The fraction of sp³-hybridized carbons (Fsp3) is 0.700. The number of nitrogens with zero attached hydrogens (tertiary/aromatic N) is 1. The summed E-state index contributed by atoms with van der Waals surface area (Å²) >= 11 is 0. The van der Waals surface area contributed by atoms with Crippen molar-refractivity contribution in [2.24, 2.45) is 4.99 Å². The van der Waals surface area contributed by atoms with Gasteiger partial charge in [-0.25, -0.2) is 0 Å². The van der Waals surface area contributed by atoms with Gasteiger partial charge >= 0.3 is 0 Å². The first-order chi connectivity index (χ1) is 5.41. The van der Waals surface area contributed by atoms with Crippen molar-refractivity contribution in [2.75, 3.05) is 7.05 Å². The first-order valence-corrected chi connectivity index (χ1v) is 4.43. The van der Waals surface area contributed by atoms with Gasteiger partial charge in [0.25, 0.3) is 0 Å². The Hall–Kier alpha value is -0.590. The number of rotatable bonds is 7. The van der Waals surface area contributed by atoms with Crippen molar-refractivity contribution in [1.82, 2.24) is 0 Å². The van der Waals surface area contributed by atoms with Crippen LogP contribution in [0.15, 0.2) is 17.6 Å².